The molecule has 8 aromatic carbocycles. The van der Waals surface area contributed by atoms with Crippen LogP contribution in [-0.2, 0) is 60.0 Å². The van der Waals surface area contributed by atoms with Gasteiger partial charge < -0.3 is 30.6 Å². The topological polar surface area (TPSA) is 510 Å². The van der Waals surface area contributed by atoms with E-state index < -0.39 is 104 Å². The van der Waals surface area contributed by atoms with Gasteiger partial charge in [0.1, 0.15) is 47.4 Å². The smallest absolute Gasteiger partial charge is 0.297 e. The number of phenols is 2. The van der Waals surface area contributed by atoms with Gasteiger partial charge in [-0.2, -0.15) is 72.0 Å². The van der Waals surface area contributed by atoms with Crippen LogP contribution in [0.4, 0.5) is 57.9 Å². The summed E-state index contributed by atoms with van der Waals surface area (Å²) >= 11 is 13.2. The molecule has 1 fully saturated rings. The van der Waals surface area contributed by atoms with Crippen molar-refractivity contribution in [1.82, 2.24) is 34.8 Å². The average molecular weight is 1480 g/mol. The summed E-state index contributed by atoms with van der Waals surface area (Å²) in [4.78, 5) is 27.9. The number of hydrazine groups is 2. The minimum Gasteiger partial charge on any atom is -0.505 e. The van der Waals surface area contributed by atoms with Crippen molar-refractivity contribution < 1.29 is 89.7 Å². The summed E-state index contributed by atoms with van der Waals surface area (Å²) in [5, 5.41) is 41.1. The first-order chi connectivity index (χ1) is 45.2. The third kappa shape index (κ3) is 14.6. The molecule has 1 saturated heterocycles. The lowest BCUT2D eigenvalue weighted by Crippen LogP contribution is -2.48. The molecular formula is C53H47Cl2N15O20S6. The number of aromatic nitrogens is 6. The molecule has 35 nitrogen and oxygen atoms in total. The maximum atomic E-state index is 12.9. The van der Waals surface area contributed by atoms with E-state index in [9.17, 15) is 75.1 Å². The van der Waals surface area contributed by atoms with Crippen LogP contribution in [0.5, 0.6) is 11.5 Å². The highest BCUT2D eigenvalue weighted by atomic mass is 35.5. The fourth-order valence-corrected chi connectivity index (χ4v) is 14.9. The molecule has 0 aliphatic carbocycles. The van der Waals surface area contributed by atoms with Gasteiger partial charge >= 0.3 is 0 Å². The van der Waals surface area contributed by atoms with Crippen LogP contribution in [0, 0.1) is 0 Å². The quantitative estimate of drug-likeness (QED) is 0.00959. The SMILES string of the molecule is CN(c1ccc2c(O)c(NNc3ccc4c(S(=O)(=O)O)cccc4c3S(=O)(=O)O)c(S(=O)(=O)O)cc2c1)c1nc(Cl)nc(N2CCN(CCNc3nc(Cl)nc(Nc4ccc5c(O)c(NNc6ccc7c(S(=O)(=O)O)cccc7c6SOOO)c(S(=O)(=O)O)cc5c4)n3)CC2)n1. The van der Waals surface area contributed by atoms with Crippen molar-refractivity contribution in [1.29, 1.82) is 0 Å². The number of nitrogens with zero attached hydrogens (tertiary/aromatic N) is 9. The van der Waals surface area contributed by atoms with E-state index in [0.29, 0.717) is 57.0 Å². The number of halogens is 2. The number of hydrogen-bond acceptors (Lipinski definition) is 31. The molecule has 0 atom stereocenters. The van der Waals surface area contributed by atoms with Crippen LogP contribution in [0.2, 0.25) is 10.6 Å². The van der Waals surface area contributed by atoms with Crippen LogP contribution in [0.25, 0.3) is 43.1 Å². The van der Waals surface area contributed by atoms with E-state index in [1.54, 1.807) is 7.05 Å². The number of aromatic hydroxyl groups is 2. The summed E-state index contributed by atoms with van der Waals surface area (Å²) in [5.41, 5.74) is 9.05. The van der Waals surface area contributed by atoms with Crippen molar-refractivity contribution in [3.8, 4) is 11.5 Å². The van der Waals surface area contributed by atoms with Gasteiger partial charge in [0, 0.05) is 90.0 Å². The molecule has 3 heterocycles. The fraction of sp³-hybridized carbons (Fsp3) is 0.132. The Morgan fingerprint density at radius 3 is 1.67 bits per heavy atom. The lowest BCUT2D eigenvalue weighted by atomic mass is 10.1. The van der Waals surface area contributed by atoms with Crippen LogP contribution in [0.1, 0.15) is 0 Å². The van der Waals surface area contributed by atoms with E-state index in [0.717, 1.165) is 48.5 Å². The third-order valence-corrected chi connectivity index (χ3v) is 20.4. The second-order valence-corrected chi connectivity index (χ2v) is 28.9. The van der Waals surface area contributed by atoms with Crippen molar-refractivity contribution in [2.24, 2.45) is 0 Å². The molecule has 0 radical (unpaired) electrons. The van der Waals surface area contributed by atoms with Crippen molar-refractivity contribution in [3.63, 3.8) is 0 Å². The van der Waals surface area contributed by atoms with Crippen molar-refractivity contribution in [3.05, 3.63) is 120 Å². The normalized spacial score (nSPS) is 13.5. The molecular weight excluding hydrogens is 1430 g/mol. The lowest BCUT2D eigenvalue weighted by Gasteiger charge is -2.34. The first-order valence-corrected chi connectivity index (χ1v) is 35.8. The average Bonchev–Trinajstić information content (AvgIpc) is 0.769. The van der Waals surface area contributed by atoms with Gasteiger partial charge in [-0.25, -0.2) is 5.26 Å². The standard InChI is InChI=1S/C53H47Cl2N15O20S6/c1-68(29-9-11-31-27(23-29)25-41(95(83,84)85)43(45(31)72)67-65-37-15-13-33-35(47(37)96(86,87)88)5-3-7-39(33)93(77,78)79)52-60-49(55)61-53(63-52)70-20-18-69(19-21-70)17-16-56-50-58-48(54)59-51(62-50)57-28-8-10-30-26(22-28)24-40(94(80,81)82)42(44(30)71)66-64-36-14-12-32-34(46(36)91-90-89-73)4-2-6-38(32)92(74,75)76/h2-15,22-25,64-67,71-73H,16-21H2,1H3,(H,74,75,76)(H,77,78,79)(H,80,81,82)(H,83,84,85)(H,86,87,88)(H2,56,57,58,59,62). The molecule has 43 heteroatoms. The van der Waals surface area contributed by atoms with Gasteiger partial charge in [0.25, 0.3) is 50.6 Å². The largest absolute Gasteiger partial charge is 0.505 e. The molecule has 96 heavy (non-hydrogen) atoms. The molecule has 1 aliphatic heterocycles. The van der Waals surface area contributed by atoms with Crippen LogP contribution in [-0.4, -0.2) is 161 Å². The van der Waals surface area contributed by atoms with Gasteiger partial charge in [-0.1, -0.05) is 41.4 Å². The molecule has 0 saturated carbocycles. The number of rotatable bonds is 23. The highest BCUT2D eigenvalue weighted by molar-refractivity contribution is 7.95. The number of fused-ring (bicyclic) bond motifs is 4. The molecule has 1 aliphatic rings. The van der Waals surface area contributed by atoms with E-state index >= 15 is 0 Å². The van der Waals surface area contributed by atoms with E-state index in [4.69, 9.17) is 28.5 Å². The van der Waals surface area contributed by atoms with E-state index in [2.05, 4.69) is 76.5 Å². The Morgan fingerprint density at radius 2 is 1.07 bits per heavy atom. The monoisotopic (exact) mass is 1480 g/mol. The molecule has 0 amide bonds. The first-order valence-electron chi connectivity index (χ1n) is 27.1. The van der Waals surface area contributed by atoms with Gasteiger partial charge in [0.2, 0.25) is 34.4 Å². The van der Waals surface area contributed by atoms with Gasteiger partial charge in [0.05, 0.1) is 28.3 Å². The second kappa shape index (κ2) is 26.6. The highest BCUT2D eigenvalue weighted by Crippen LogP contribution is 2.44. The number of nitrogens with one attached hydrogen (secondary N) is 6. The summed E-state index contributed by atoms with van der Waals surface area (Å²) in [6, 6.07) is 22.7. The van der Waals surface area contributed by atoms with Crippen LogP contribution in [0.15, 0.2) is 139 Å². The zero-order valence-electron chi connectivity index (χ0n) is 48.3. The highest BCUT2D eigenvalue weighted by Gasteiger charge is 2.29. The molecule has 0 spiro atoms. The Kier molecular flexibility index (Phi) is 19.0. The van der Waals surface area contributed by atoms with E-state index in [-0.39, 0.29) is 93.7 Å². The van der Waals surface area contributed by atoms with Crippen molar-refractivity contribution >= 4 is 187 Å². The number of piperazine rings is 1. The Hall–Kier alpha value is -8.86. The maximum absolute atomic E-state index is 12.9. The summed E-state index contributed by atoms with van der Waals surface area (Å²) in [5.74, 6) is -1.06. The number of phenolic OH excluding ortho intramolecular Hbond substituents is 2. The van der Waals surface area contributed by atoms with Crippen molar-refractivity contribution in [2.45, 2.75) is 29.4 Å². The number of anilines is 10. The van der Waals surface area contributed by atoms with Crippen LogP contribution in [0.3, 0.4) is 0 Å². The Balaban J connectivity index is 0.729. The molecule has 0 bridgehead atoms. The molecule has 14 N–H and O–H groups in total. The second-order valence-electron chi connectivity index (χ2n) is 20.6. The zero-order chi connectivity index (χ0) is 69.0. The van der Waals surface area contributed by atoms with Gasteiger partial charge in [-0.05, 0) is 107 Å². The molecule has 2 aromatic heterocycles. The van der Waals surface area contributed by atoms with Crippen LogP contribution < -0.4 is 42.1 Å². The predicted octanol–water partition coefficient (Wildman–Crippen LogP) is 7.67. The van der Waals surface area contributed by atoms with Gasteiger partial charge in [-0.3, -0.25) is 49.4 Å². The number of benzene rings is 8. The molecule has 0 unspecified atom stereocenters. The first kappa shape index (κ1) is 68.5. The summed E-state index contributed by atoms with van der Waals surface area (Å²) in [6.07, 6.45) is 0. The minimum absolute atomic E-state index is 0.0221. The Bertz CT molecular complexity index is 5420. The minimum atomic E-state index is -5.18. The van der Waals surface area contributed by atoms with Crippen LogP contribution >= 0.6 is 35.2 Å². The molecule has 11 rings (SSSR count). The third-order valence-electron chi connectivity index (χ3n) is 14.7. The zero-order valence-corrected chi connectivity index (χ0v) is 54.8. The number of hydrogen-bond donors (Lipinski definition) is 14. The predicted molar refractivity (Wildman–Crippen MR) is 352 cm³/mol. The van der Waals surface area contributed by atoms with Gasteiger partial charge in [-0.15, -0.1) is 4.33 Å². The molecule has 10 aromatic rings. The van der Waals surface area contributed by atoms with E-state index in [1.165, 1.54) is 65.6 Å². The lowest BCUT2D eigenvalue weighted by molar-refractivity contribution is -0.432. The summed E-state index contributed by atoms with van der Waals surface area (Å²) in [7, 11) is -23.4. The maximum Gasteiger partial charge on any atom is 0.297 e. The molecule has 504 valence electrons. The van der Waals surface area contributed by atoms with Crippen molar-refractivity contribution in [2.75, 3.05) is 88.5 Å². The Labute approximate surface area is 556 Å². The summed E-state index contributed by atoms with van der Waals surface area (Å²) in [6.45, 7) is 2.72. The Morgan fingerprint density at radius 1 is 0.542 bits per heavy atom. The van der Waals surface area contributed by atoms with E-state index in [1.807, 2.05) is 4.90 Å². The fourth-order valence-electron chi connectivity index (χ4n) is 10.4. The summed E-state index contributed by atoms with van der Waals surface area (Å²) < 4.78 is 180. The van der Waals surface area contributed by atoms with Gasteiger partial charge in [0.15, 0.2) is 0 Å².